The van der Waals surface area contributed by atoms with Gasteiger partial charge in [0, 0.05) is 6.54 Å². The van der Waals surface area contributed by atoms with E-state index in [0.717, 1.165) is 11.1 Å². The summed E-state index contributed by atoms with van der Waals surface area (Å²) in [6.45, 7) is 3.93. The van der Waals surface area contributed by atoms with E-state index in [1.807, 2.05) is 25.1 Å². The number of nitrogens with one attached hydrogen (secondary N) is 1. The molecule has 27 heavy (non-hydrogen) atoms. The largest absolute Gasteiger partial charge is 0.507 e. The number of phenolic OH excluding ortho intramolecular Hbond substituents is 1. The van der Waals surface area contributed by atoms with Gasteiger partial charge in [0.25, 0.3) is 5.91 Å². The lowest BCUT2D eigenvalue weighted by atomic mass is 10.1. The number of para-hydroxylation sites is 1. The van der Waals surface area contributed by atoms with Crippen molar-refractivity contribution in [3.05, 3.63) is 88.7 Å². The molecule has 0 radical (unpaired) electrons. The van der Waals surface area contributed by atoms with Crippen LogP contribution in [0.1, 0.15) is 27.0 Å². The topological polar surface area (TPSA) is 58.6 Å². The number of benzene rings is 3. The van der Waals surface area contributed by atoms with Crippen LogP contribution in [0.4, 0.5) is 4.39 Å². The molecule has 0 bridgehead atoms. The number of carbonyl (C=O) groups is 1. The van der Waals surface area contributed by atoms with Crippen molar-refractivity contribution in [3.63, 3.8) is 0 Å². The molecule has 0 aromatic heterocycles. The second-order valence-corrected chi connectivity index (χ2v) is 6.31. The summed E-state index contributed by atoms with van der Waals surface area (Å²) in [6, 6.07) is 16.5. The molecule has 3 aromatic rings. The zero-order chi connectivity index (χ0) is 19.4. The van der Waals surface area contributed by atoms with Crippen molar-refractivity contribution in [2.75, 3.05) is 0 Å². The first-order valence-electron chi connectivity index (χ1n) is 8.54. The number of amides is 1. The number of halogens is 1. The fourth-order valence-electron chi connectivity index (χ4n) is 2.61. The highest BCUT2D eigenvalue weighted by molar-refractivity contribution is 5.97. The number of hydrogen-bond donors (Lipinski definition) is 2. The molecule has 138 valence electrons. The minimum absolute atomic E-state index is 0.0146. The highest BCUT2D eigenvalue weighted by Crippen LogP contribution is 2.26. The third kappa shape index (κ3) is 4.44. The van der Waals surface area contributed by atoms with Crippen LogP contribution in [0.25, 0.3) is 0 Å². The normalized spacial score (nSPS) is 10.5. The summed E-state index contributed by atoms with van der Waals surface area (Å²) >= 11 is 0. The highest BCUT2D eigenvalue weighted by atomic mass is 19.1. The van der Waals surface area contributed by atoms with Gasteiger partial charge >= 0.3 is 0 Å². The van der Waals surface area contributed by atoms with Gasteiger partial charge in [0.05, 0.1) is 5.56 Å². The minimum Gasteiger partial charge on any atom is -0.507 e. The fourth-order valence-corrected chi connectivity index (χ4v) is 2.61. The van der Waals surface area contributed by atoms with Crippen LogP contribution in [0.5, 0.6) is 17.2 Å². The van der Waals surface area contributed by atoms with Crippen LogP contribution in [0.3, 0.4) is 0 Å². The lowest BCUT2D eigenvalue weighted by Crippen LogP contribution is -2.23. The van der Waals surface area contributed by atoms with E-state index < -0.39 is 0 Å². The number of hydrogen-bond acceptors (Lipinski definition) is 3. The van der Waals surface area contributed by atoms with Crippen LogP contribution in [-0.4, -0.2) is 11.0 Å². The minimum atomic E-state index is -0.349. The SMILES string of the molecule is Cc1ccc(CNC(=O)c2cccc(C)c2O)cc1Oc1ccc(F)cc1. The fraction of sp³-hybridized carbons (Fsp3) is 0.136. The molecule has 0 spiro atoms. The van der Waals surface area contributed by atoms with Crippen LogP contribution in [0, 0.1) is 19.7 Å². The molecule has 0 fully saturated rings. The third-order valence-electron chi connectivity index (χ3n) is 4.23. The van der Waals surface area contributed by atoms with E-state index in [4.69, 9.17) is 4.74 Å². The Kier molecular flexibility index (Phi) is 5.41. The molecule has 0 aliphatic carbocycles. The lowest BCUT2D eigenvalue weighted by Gasteiger charge is -2.12. The average Bonchev–Trinajstić information content (AvgIpc) is 2.66. The summed E-state index contributed by atoms with van der Waals surface area (Å²) in [4.78, 5) is 12.3. The molecular formula is C22H20FNO3. The Morgan fingerprint density at radius 3 is 2.52 bits per heavy atom. The molecule has 0 saturated carbocycles. The Bertz CT molecular complexity index is 968. The predicted molar refractivity (Wildman–Crippen MR) is 102 cm³/mol. The number of rotatable bonds is 5. The van der Waals surface area contributed by atoms with E-state index in [1.54, 1.807) is 37.3 Å². The van der Waals surface area contributed by atoms with Crippen LogP contribution in [0.15, 0.2) is 60.7 Å². The van der Waals surface area contributed by atoms with E-state index >= 15 is 0 Å². The molecule has 1 amide bonds. The molecule has 5 heteroatoms. The lowest BCUT2D eigenvalue weighted by molar-refractivity contribution is 0.0948. The summed E-state index contributed by atoms with van der Waals surface area (Å²) in [7, 11) is 0. The summed E-state index contributed by atoms with van der Waals surface area (Å²) in [5.41, 5.74) is 2.65. The summed E-state index contributed by atoms with van der Waals surface area (Å²) in [5.74, 6) is 0.476. The Labute approximate surface area is 157 Å². The van der Waals surface area contributed by atoms with Crippen molar-refractivity contribution in [1.29, 1.82) is 0 Å². The number of phenols is 1. The molecule has 0 aliphatic rings. The smallest absolute Gasteiger partial charge is 0.255 e. The molecule has 0 atom stereocenters. The maximum Gasteiger partial charge on any atom is 0.255 e. The molecule has 0 saturated heterocycles. The van der Waals surface area contributed by atoms with Crippen molar-refractivity contribution in [3.8, 4) is 17.2 Å². The Morgan fingerprint density at radius 1 is 1.04 bits per heavy atom. The molecule has 2 N–H and O–H groups in total. The number of ether oxygens (including phenoxy) is 1. The summed E-state index contributed by atoms with van der Waals surface area (Å²) in [5, 5.41) is 12.8. The number of aryl methyl sites for hydroxylation is 2. The third-order valence-corrected chi connectivity index (χ3v) is 4.23. The Morgan fingerprint density at radius 2 is 1.78 bits per heavy atom. The molecule has 4 nitrogen and oxygen atoms in total. The summed E-state index contributed by atoms with van der Waals surface area (Å²) in [6.07, 6.45) is 0. The van der Waals surface area contributed by atoms with Gasteiger partial charge in [-0.2, -0.15) is 0 Å². The first-order chi connectivity index (χ1) is 12.9. The van der Waals surface area contributed by atoms with E-state index in [1.165, 1.54) is 12.1 Å². The van der Waals surface area contributed by atoms with Gasteiger partial charge in [0.2, 0.25) is 0 Å². The van der Waals surface area contributed by atoms with Gasteiger partial charge in [-0.15, -0.1) is 0 Å². The van der Waals surface area contributed by atoms with E-state index in [-0.39, 0.29) is 29.6 Å². The van der Waals surface area contributed by atoms with Gasteiger partial charge in [-0.05, 0) is 66.9 Å². The molecule has 3 rings (SSSR count). The van der Waals surface area contributed by atoms with E-state index in [9.17, 15) is 14.3 Å². The Balaban J connectivity index is 1.71. The number of carbonyl (C=O) groups excluding carboxylic acids is 1. The van der Waals surface area contributed by atoms with Gasteiger partial charge < -0.3 is 15.2 Å². The first kappa shape index (κ1) is 18.5. The van der Waals surface area contributed by atoms with Crippen LogP contribution < -0.4 is 10.1 Å². The monoisotopic (exact) mass is 365 g/mol. The number of aromatic hydroxyl groups is 1. The zero-order valence-corrected chi connectivity index (χ0v) is 15.1. The van der Waals surface area contributed by atoms with E-state index in [0.29, 0.717) is 17.1 Å². The Hall–Kier alpha value is -3.34. The highest BCUT2D eigenvalue weighted by Gasteiger charge is 2.12. The second kappa shape index (κ2) is 7.91. The van der Waals surface area contributed by atoms with Crippen molar-refractivity contribution >= 4 is 5.91 Å². The van der Waals surface area contributed by atoms with Gasteiger partial charge in [0.1, 0.15) is 23.1 Å². The maximum atomic E-state index is 13.0. The average molecular weight is 365 g/mol. The van der Waals surface area contributed by atoms with Gasteiger partial charge in [-0.25, -0.2) is 4.39 Å². The van der Waals surface area contributed by atoms with Crippen LogP contribution >= 0.6 is 0 Å². The van der Waals surface area contributed by atoms with E-state index in [2.05, 4.69) is 5.32 Å². The molecule has 0 heterocycles. The van der Waals surface area contributed by atoms with Crippen LogP contribution in [-0.2, 0) is 6.54 Å². The van der Waals surface area contributed by atoms with Gasteiger partial charge in [0.15, 0.2) is 0 Å². The van der Waals surface area contributed by atoms with Crippen molar-refractivity contribution in [1.82, 2.24) is 5.32 Å². The molecule has 0 unspecified atom stereocenters. The van der Waals surface area contributed by atoms with Crippen molar-refractivity contribution in [2.24, 2.45) is 0 Å². The zero-order valence-electron chi connectivity index (χ0n) is 15.1. The second-order valence-electron chi connectivity index (χ2n) is 6.31. The van der Waals surface area contributed by atoms with Gasteiger partial charge in [-0.3, -0.25) is 4.79 Å². The quantitative estimate of drug-likeness (QED) is 0.678. The molecule has 0 aliphatic heterocycles. The molecular weight excluding hydrogens is 345 g/mol. The molecule has 3 aromatic carbocycles. The summed E-state index contributed by atoms with van der Waals surface area (Å²) < 4.78 is 18.8. The van der Waals surface area contributed by atoms with Crippen LogP contribution in [0.2, 0.25) is 0 Å². The predicted octanol–water partition coefficient (Wildman–Crippen LogP) is 4.87. The van der Waals surface area contributed by atoms with Crippen molar-refractivity contribution in [2.45, 2.75) is 20.4 Å². The van der Waals surface area contributed by atoms with Gasteiger partial charge in [-0.1, -0.05) is 24.3 Å². The van der Waals surface area contributed by atoms with Crippen molar-refractivity contribution < 1.29 is 19.0 Å². The standard InChI is InChI=1S/C22H20FNO3/c1-14-6-7-16(12-20(14)27-18-10-8-17(23)9-11-18)13-24-22(26)19-5-3-4-15(2)21(19)25/h3-12,25H,13H2,1-2H3,(H,24,26). The first-order valence-corrected chi connectivity index (χ1v) is 8.54. The maximum absolute atomic E-state index is 13.0.